The average molecular weight is 317 g/mol. The minimum absolute atomic E-state index is 0.0669. The zero-order chi connectivity index (χ0) is 13.9. The molecule has 1 aromatic heterocycles. The molecule has 1 rings (SSSR count). The first kappa shape index (κ1) is 14.4. The lowest BCUT2D eigenvalue weighted by Crippen LogP contribution is -2.28. The number of amides is 1. The normalized spacial score (nSPS) is 10.9. The van der Waals surface area contributed by atoms with E-state index in [0.29, 0.717) is 0 Å². The number of carbonyl (C=O) groups excluding carboxylic acids is 1. The van der Waals surface area contributed by atoms with E-state index in [1.165, 1.54) is 12.3 Å². The number of nitrogens with zero attached hydrogens (tertiary/aromatic N) is 1. The first-order valence-electron chi connectivity index (χ1n) is 5.08. The summed E-state index contributed by atoms with van der Waals surface area (Å²) in [5.74, 6) is -1.16. The molecule has 1 aromatic rings. The Balaban J connectivity index is 2.97. The third-order valence-electron chi connectivity index (χ3n) is 1.76. The van der Waals surface area contributed by atoms with Gasteiger partial charge in [-0.15, -0.1) is 0 Å². The summed E-state index contributed by atoms with van der Waals surface area (Å²) in [6, 6.07) is 1.29. The topological polar surface area (TPSA) is 88.5 Å². The molecule has 98 valence electrons. The van der Waals surface area contributed by atoms with Crippen molar-refractivity contribution in [3.05, 3.63) is 22.4 Å². The highest BCUT2D eigenvalue weighted by atomic mass is 79.9. The zero-order valence-electron chi connectivity index (χ0n) is 10.2. The summed E-state index contributed by atoms with van der Waals surface area (Å²) in [4.78, 5) is 26.4. The number of aromatic carboxylic acids is 1. The highest BCUT2D eigenvalue weighted by Crippen LogP contribution is 2.24. The second-order valence-electron chi connectivity index (χ2n) is 4.46. The molecule has 18 heavy (non-hydrogen) atoms. The quantitative estimate of drug-likeness (QED) is 0.819. The molecule has 0 spiro atoms. The Hall–Kier alpha value is -1.63. The number of carboxylic acid groups (broad SMARTS) is 1. The number of rotatable bonds is 2. The lowest BCUT2D eigenvalue weighted by molar-refractivity contribution is 0.0635. The lowest BCUT2D eigenvalue weighted by Gasteiger charge is -2.20. The number of anilines is 1. The SMILES string of the molecule is CC(C)(C)OC(=O)Nc1c(C(=O)O)ccnc1Br. The highest BCUT2D eigenvalue weighted by molar-refractivity contribution is 9.10. The second-order valence-corrected chi connectivity index (χ2v) is 5.21. The number of hydrogen-bond donors (Lipinski definition) is 2. The van der Waals surface area contributed by atoms with E-state index >= 15 is 0 Å². The van der Waals surface area contributed by atoms with Gasteiger partial charge in [-0.05, 0) is 42.8 Å². The molecule has 0 aromatic carbocycles. The Bertz CT molecular complexity index is 482. The van der Waals surface area contributed by atoms with E-state index in [2.05, 4.69) is 26.2 Å². The van der Waals surface area contributed by atoms with Gasteiger partial charge in [0, 0.05) is 6.20 Å². The van der Waals surface area contributed by atoms with Crippen molar-refractivity contribution in [1.29, 1.82) is 0 Å². The van der Waals surface area contributed by atoms with E-state index in [1.807, 2.05) is 0 Å². The van der Waals surface area contributed by atoms with Gasteiger partial charge in [0.15, 0.2) is 0 Å². The number of halogens is 1. The number of hydrogen-bond acceptors (Lipinski definition) is 4. The van der Waals surface area contributed by atoms with Crippen LogP contribution in [0.2, 0.25) is 0 Å². The minimum atomic E-state index is -1.16. The Kier molecular flexibility index (Phi) is 4.28. The van der Waals surface area contributed by atoms with Gasteiger partial charge in [-0.3, -0.25) is 5.32 Å². The molecule has 0 bridgehead atoms. The average Bonchev–Trinajstić information content (AvgIpc) is 2.17. The summed E-state index contributed by atoms with van der Waals surface area (Å²) < 4.78 is 5.27. The molecule has 6 nitrogen and oxygen atoms in total. The van der Waals surface area contributed by atoms with Gasteiger partial charge < -0.3 is 9.84 Å². The van der Waals surface area contributed by atoms with E-state index in [4.69, 9.17) is 9.84 Å². The predicted octanol–water partition coefficient (Wildman–Crippen LogP) is 2.89. The van der Waals surface area contributed by atoms with Gasteiger partial charge in [0.1, 0.15) is 10.2 Å². The van der Waals surface area contributed by atoms with Crippen LogP contribution in [-0.2, 0) is 4.74 Å². The molecule has 0 aliphatic rings. The van der Waals surface area contributed by atoms with Gasteiger partial charge in [0.2, 0.25) is 0 Å². The number of ether oxygens (including phenoxy) is 1. The second kappa shape index (κ2) is 5.34. The maximum absolute atomic E-state index is 11.6. The highest BCUT2D eigenvalue weighted by Gasteiger charge is 2.20. The standard InChI is InChI=1S/C11H13BrN2O4/c1-11(2,3)18-10(17)14-7-6(9(15)16)4-5-13-8(7)12/h4-5H,1-3H3,(H,14,17)(H,15,16). The zero-order valence-corrected chi connectivity index (χ0v) is 11.7. The van der Waals surface area contributed by atoms with Crippen molar-refractivity contribution < 1.29 is 19.4 Å². The van der Waals surface area contributed by atoms with Crippen LogP contribution in [0.25, 0.3) is 0 Å². The summed E-state index contributed by atoms with van der Waals surface area (Å²) in [6.07, 6.45) is 0.590. The Morgan fingerprint density at radius 3 is 2.56 bits per heavy atom. The van der Waals surface area contributed by atoms with Crippen LogP contribution in [0.4, 0.5) is 10.5 Å². The molecular formula is C11H13BrN2O4. The largest absolute Gasteiger partial charge is 0.478 e. The van der Waals surface area contributed by atoms with Crippen LogP contribution >= 0.6 is 15.9 Å². The van der Waals surface area contributed by atoms with Gasteiger partial charge in [-0.1, -0.05) is 0 Å². The summed E-state index contributed by atoms with van der Waals surface area (Å²) in [6.45, 7) is 5.13. The summed E-state index contributed by atoms with van der Waals surface area (Å²) in [7, 11) is 0. The van der Waals surface area contributed by atoms with Gasteiger partial charge in [-0.2, -0.15) is 0 Å². The fraction of sp³-hybridized carbons (Fsp3) is 0.364. The van der Waals surface area contributed by atoms with Gasteiger partial charge in [-0.25, -0.2) is 14.6 Å². The third-order valence-corrected chi connectivity index (χ3v) is 2.36. The summed E-state index contributed by atoms with van der Waals surface area (Å²) in [5.41, 5.74) is -0.663. The van der Waals surface area contributed by atoms with Crippen LogP contribution in [0.1, 0.15) is 31.1 Å². The number of carbonyl (C=O) groups is 2. The van der Waals surface area contributed by atoms with Gasteiger partial charge in [0.05, 0.1) is 11.3 Å². The monoisotopic (exact) mass is 316 g/mol. The number of carboxylic acids is 1. The first-order chi connectivity index (χ1) is 8.20. The molecule has 0 radical (unpaired) electrons. The third kappa shape index (κ3) is 3.99. The molecule has 0 aliphatic carbocycles. The molecule has 0 aliphatic heterocycles. The van der Waals surface area contributed by atoms with Crippen molar-refractivity contribution in [3.63, 3.8) is 0 Å². The molecule has 1 heterocycles. The van der Waals surface area contributed by atoms with Crippen molar-refractivity contribution in [3.8, 4) is 0 Å². The fourth-order valence-corrected chi connectivity index (χ4v) is 1.57. The van der Waals surface area contributed by atoms with E-state index in [-0.39, 0.29) is 15.9 Å². The molecule has 2 N–H and O–H groups in total. The molecule has 0 unspecified atom stereocenters. The number of nitrogens with one attached hydrogen (secondary N) is 1. The fourth-order valence-electron chi connectivity index (χ4n) is 1.14. The maximum atomic E-state index is 11.6. The van der Waals surface area contributed by atoms with Crippen LogP contribution in [0, 0.1) is 0 Å². The van der Waals surface area contributed by atoms with E-state index in [9.17, 15) is 9.59 Å². The van der Waals surface area contributed by atoms with Crippen molar-refractivity contribution in [1.82, 2.24) is 4.98 Å². The maximum Gasteiger partial charge on any atom is 0.412 e. The Labute approximate surface area is 112 Å². The smallest absolute Gasteiger partial charge is 0.412 e. The van der Waals surface area contributed by atoms with Crippen LogP contribution in [0.5, 0.6) is 0 Å². The van der Waals surface area contributed by atoms with E-state index < -0.39 is 17.7 Å². The Morgan fingerprint density at radius 1 is 1.44 bits per heavy atom. The summed E-state index contributed by atoms with van der Waals surface area (Å²) >= 11 is 3.08. The molecule has 7 heteroatoms. The van der Waals surface area contributed by atoms with E-state index in [1.54, 1.807) is 20.8 Å². The lowest BCUT2D eigenvalue weighted by atomic mass is 10.2. The molecule has 0 atom stereocenters. The molecule has 0 saturated heterocycles. The van der Waals surface area contributed by atoms with Crippen molar-refractivity contribution >= 4 is 33.7 Å². The van der Waals surface area contributed by atoms with Gasteiger partial charge in [0.25, 0.3) is 0 Å². The molecule has 1 amide bonds. The van der Waals surface area contributed by atoms with Gasteiger partial charge >= 0.3 is 12.1 Å². The summed E-state index contributed by atoms with van der Waals surface area (Å²) in [5, 5.41) is 11.4. The number of aromatic nitrogens is 1. The molecular weight excluding hydrogens is 304 g/mol. The van der Waals surface area contributed by atoms with Crippen molar-refractivity contribution in [2.24, 2.45) is 0 Å². The predicted molar refractivity (Wildman–Crippen MR) is 68.8 cm³/mol. The van der Waals surface area contributed by atoms with Crippen molar-refractivity contribution in [2.75, 3.05) is 5.32 Å². The Morgan fingerprint density at radius 2 is 2.06 bits per heavy atom. The minimum Gasteiger partial charge on any atom is -0.478 e. The molecule has 0 fully saturated rings. The molecule has 0 saturated carbocycles. The first-order valence-corrected chi connectivity index (χ1v) is 5.88. The van der Waals surface area contributed by atoms with Crippen molar-refractivity contribution in [2.45, 2.75) is 26.4 Å². The van der Waals surface area contributed by atoms with Crippen LogP contribution in [0.15, 0.2) is 16.9 Å². The van der Waals surface area contributed by atoms with Crippen LogP contribution in [-0.4, -0.2) is 27.8 Å². The number of pyridine rings is 1. The van der Waals surface area contributed by atoms with Crippen LogP contribution < -0.4 is 5.32 Å². The van der Waals surface area contributed by atoms with E-state index in [0.717, 1.165) is 0 Å². The van der Waals surface area contributed by atoms with Crippen LogP contribution in [0.3, 0.4) is 0 Å².